The van der Waals surface area contributed by atoms with Crippen LogP contribution in [0.4, 0.5) is 0 Å². The minimum absolute atomic E-state index is 0.00514. The molecule has 3 aromatic rings. The molecule has 1 fully saturated rings. The second-order valence-corrected chi connectivity index (χ2v) is 12.6. The van der Waals surface area contributed by atoms with Crippen LogP contribution in [0.25, 0.3) is 0 Å². The van der Waals surface area contributed by atoms with E-state index in [4.69, 9.17) is 9.15 Å². The smallest absolute Gasteiger partial charge is 0.161 e. The molecule has 5 rings (SSSR count). The van der Waals surface area contributed by atoms with Crippen molar-refractivity contribution in [3.05, 3.63) is 69.9 Å². The molecule has 0 aliphatic heterocycles. The van der Waals surface area contributed by atoms with Crippen molar-refractivity contribution in [1.82, 2.24) is 10.3 Å². The van der Waals surface area contributed by atoms with Crippen LogP contribution in [-0.2, 0) is 38.7 Å². The van der Waals surface area contributed by atoms with E-state index in [1.165, 1.54) is 42.6 Å². The van der Waals surface area contributed by atoms with E-state index in [2.05, 4.69) is 23.3 Å². The van der Waals surface area contributed by atoms with Gasteiger partial charge in [0.2, 0.25) is 0 Å². The summed E-state index contributed by atoms with van der Waals surface area (Å²) in [5.74, 6) is 4.44. The normalized spacial score (nSPS) is 20.7. The lowest BCUT2D eigenvalue weighted by Gasteiger charge is -2.27. The van der Waals surface area contributed by atoms with Gasteiger partial charge in [-0.05, 0) is 86.3 Å². The number of aromatic hydroxyl groups is 1. The van der Waals surface area contributed by atoms with E-state index in [9.17, 15) is 15.3 Å². The number of phenolic OH excluding ortho intramolecular Hbond substituents is 1. The van der Waals surface area contributed by atoms with Gasteiger partial charge in [-0.15, -0.1) is 0 Å². The molecular formula is C35H50N2O5. The fourth-order valence-corrected chi connectivity index (χ4v) is 7.17. The SMILES string of the molecule is CCCCc1oc(CCc2ccc(O)c(OCCc3cc4c([nH]3)CCC3CCCC3C4CNCC(C)O)c2)cc1CO. The number of hydrogen-bond donors (Lipinski definition) is 5. The number of H-pyrrole nitrogens is 1. The highest BCUT2D eigenvalue weighted by Crippen LogP contribution is 2.47. The molecule has 2 aliphatic rings. The summed E-state index contributed by atoms with van der Waals surface area (Å²) >= 11 is 0. The van der Waals surface area contributed by atoms with Gasteiger partial charge in [0, 0.05) is 55.2 Å². The molecule has 2 aliphatic carbocycles. The second-order valence-electron chi connectivity index (χ2n) is 12.6. The maximum atomic E-state index is 10.5. The van der Waals surface area contributed by atoms with E-state index in [0.717, 1.165) is 80.1 Å². The molecule has 230 valence electrons. The number of aryl methyl sites for hydroxylation is 4. The Labute approximate surface area is 250 Å². The molecule has 4 unspecified atom stereocenters. The standard InChI is InChI=1S/C35H50N2O5/c1-3-4-8-34-26(22-38)18-28(42-34)12-9-24-10-14-33(40)35(17-24)41-16-15-27-19-30-31(21-36-20-23(2)39)29-7-5-6-25(29)11-13-32(30)37-27/h10,14,17-19,23,25,29,31,36-40H,3-9,11-13,15-16,20-22H2,1-2H3. The van der Waals surface area contributed by atoms with Crippen LogP contribution < -0.4 is 10.1 Å². The molecule has 0 radical (unpaired) electrons. The topological polar surface area (TPSA) is 111 Å². The Morgan fingerprint density at radius 3 is 2.79 bits per heavy atom. The van der Waals surface area contributed by atoms with Crippen LogP contribution in [0.1, 0.15) is 97.9 Å². The van der Waals surface area contributed by atoms with Gasteiger partial charge in [-0.3, -0.25) is 0 Å². The number of benzene rings is 1. The van der Waals surface area contributed by atoms with Gasteiger partial charge in [0.25, 0.3) is 0 Å². The molecule has 1 saturated carbocycles. The van der Waals surface area contributed by atoms with E-state index >= 15 is 0 Å². The van der Waals surface area contributed by atoms with Crippen molar-refractivity contribution in [1.29, 1.82) is 0 Å². The zero-order valence-electron chi connectivity index (χ0n) is 25.5. The van der Waals surface area contributed by atoms with Crippen LogP contribution in [0.2, 0.25) is 0 Å². The van der Waals surface area contributed by atoms with E-state index in [-0.39, 0.29) is 18.5 Å². The molecule has 2 heterocycles. The maximum absolute atomic E-state index is 10.5. The van der Waals surface area contributed by atoms with Crippen molar-refractivity contribution in [2.75, 3.05) is 19.7 Å². The molecule has 2 aromatic heterocycles. The number of unbranched alkanes of at least 4 members (excludes halogenated alkanes) is 1. The van der Waals surface area contributed by atoms with Gasteiger partial charge in [0.05, 0.1) is 19.3 Å². The van der Waals surface area contributed by atoms with E-state index in [1.54, 1.807) is 6.07 Å². The Morgan fingerprint density at radius 1 is 1.10 bits per heavy atom. The maximum Gasteiger partial charge on any atom is 0.161 e. The predicted octanol–water partition coefficient (Wildman–Crippen LogP) is 5.97. The molecule has 4 atom stereocenters. The summed E-state index contributed by atoms with van der Waals surface area (Å²) in [5, 5.41) is 33.5. The van der Waals surface area contributed by atoms with Crippen molar-refractivity contribution >= 4 is 0 Å². The number of ether oxygens (including phenoxy) is 1. The Bertz CT molecular complexity index is 1280. The monoisotopic (exact) mass is 578 g/mol. The first-order chi connectivity index (χ1) is 20.4. The number of fused-ring (bicyclic) bond motifs is 2. The third-order valence-electron chi connectivity index (χ3n) is 9.38. The number of nitrogens with one attached hydrogen (secondary N) is 2. The van der Waals surface area contributed by atoms with Crippen molar-refractivity contribution in [3.8, 4) is 11.5 Å². The predicted molar refractivity (Wildman–Crippen MR) is 165 cm³/mol. The third kappa shape index (κ3) is 7.61. The summed E-state index contributed by atoms with van der Waals surface area (Å²) in [6, 6.07) is 9.89. The zero-order chi connectivity index (χ0) is 29.5. The molecule has 0 saturated heterocycles. The molecule has 42 heavy (non-hydrogen) atoms. The van der Waals surface area contributed by atoms with E-state index in [0.29, 0.717) is 30.7 Å². The highest BCUT2D eigenvalue weighted by atomic mass is 16.5. The van der Waals surface area contributed by atoms with Crippen molar-refractivity contribution < 1.29 is 24.5 Å². The summed E-state index contributed by atoms with van der Waals surface area (Å²) in [4.78, 5) is 3.72. The van der Waals surface area contributed by atoms with Crippen LogP contribution in [0.15, 0.2) is 34.7 Å². The Kier molecular flexibility index (Phi) is 10.7. The second kappa shape index (κ2) is 14.6. The quantitative estimate of drug-likeness (QED) is 0.152. The number of furan rings is 1. The minimum Gasteiger partial charge on any atom is -0.504 e. The Hall–Kier alpha value is -2.74. The first kappa shape index (κ1) is 30.7. The number of hydrogen-bond acceptors (Lipinski definition) is 6. The summed E-state index contributed by atoms with van der Waals surface area (Å²) < 4.78 is 12.1. The third-order valence-corrected chi connectivity index (χ3v) is 9.38. The molecular weight excluding hydrogens is 528 g/mol. The van der Waals surface area contributed by atoms with Crippen molar-refractivity contribution in [3.63, 3.8) is 0 Å². The van der Waals surface area contributed by atoms with Crippen LogP contribution in [-0.4, -0.2) is 46.1 Å². The summed E-state index contributed by atoms with van der Waals surface area (Å²) in [5.41, 5.74) is 5.96. The molecule has 0 amide bonds. The lowest BCUT2D eigenvalue weighted by Crippen LogP contribution is -2.32. The van der Waals surface area contributed by atoms with Gasteiger partial charge in [-0.25, -0.2) is 0 Å². The number of aliphatic hydroxyl groups is 2. The number of phenols is 1. The van der Waals surface area contributed by atoms with Gasteiger partial charge >= 0.3 is 0 Å². The summed E-state index contributed by atoms with van der Waals surface area (Å²) in [7, 11) is 0. The first-order valence-electron chi connectivity index (χ1n) is 16.2. The highest BCUT2D eigenvalue weighted by Gasteiger charge is 2.38. The fourth-order valence-electron chi connectivity index (χ4n) is 7.17. The first-order valence-corrected chi connectivity index (χ1v) is 16.2. The average Bonchev–Trinajstić information content (AvgIpc) is 3.70. The molecule has 0 bridgehead atoms. The van der Waals surface area contributed by atoms with Gasteiger partial charge < -0.3 is 34.8 Å². The zero-order valence-corrected chi connectivity index (χ0v) is 25.5. The molecule has 0 spiro atoms. The van der Waals surface area contributed by atoms with Crippen molar-refractivity contribution in [2.24, 2.45) is 11.8 Å². The number of rotatable bonds is 15. The molecule has 7 nitrogen and oxygen atoms in total. The van der Waals surface area contributed by atoms with Crippen molar-refractivity contribution in [2.45, 2.75) is 103 Å². The van der Waals surface area contributed by atoms with Crippen LogP contribution in [0, 0.1) is 11.8 Å². The summed E-state index contributed by atoms with van der Waals surface area (Å²) in [6.45, 7) is 6.01. The minimum atomic E-state index is -0.337. The lowest BCUT2D eigenvalue weighted by molar-refractivity contribution is 0.188. The molecule has 5 N–H and O–H groups in total. The largest absolute Gasteiger partial charge is 0.504 e. The van der Waals surface area contributed by atoms with Gasteiger partial charge in [0.15, 0.2) is 11.5 Å². The lowest BCUT2D eigenvalue weighted by atomic mass is 9.81. The van der Waals surface area contributed by atoms with Crippen LogP contribution >= 0.6 is 0 Å². The molecule has 1 aromatic carbocycles. The average molecular weight is 579 g/mol. The number of aromatic nitrogens is 1. The summed E-state index contributed by atoms with van der Waals surface area (Å²) in [6.07, 6.45) is 11.2. The Morgan fingerprint density at radius 2 is 1.98 bits per heavy atom. The van der Waals surface area contributed by atoms with Crippen LogP contribution in [0.3, 0.4) is 0 Å². The van der Waals surface area contributed by atoms with E-state index < -0.39 is 0 Å². The van der Waals surface area contributed by atoms with Crippen LogP contribution in [0.5, 0.6) is 11.5 Å². The van der Waals surface area contributed by atoms with Gasteiger partial charge in [-0.2, -0.15) is 0 Å². The van der Waals surface area contributed by atoms with E-state index in [1.807, 2.05) is 25.1 Å². The Balaban J connectivity index is 1.18. The number of aliphatic hydroxyl groups excluding tert-OH is 2. The molecule has 7 heteroatoms. The van der Waals surface area contributed by atoms with Gasteiger partial charge in [-0.1, -0.05) is 32.3 Å². The fraction of sp³-hybridized carbons (Fsp3) is 0.600. The number of aromatic amines is 1. The highest BCUT2D eigenvalue weighted by molar-refractivity contribution is 5.42. The van der Waals surface area contributed by atoms with Gasteiger partial charge in [0.1, 0.15) is 11.5 Å².